The van der Waals surface area contributed by atoms with E-state index < -0.39 is 0 Å². The van der Waals surface area contributed by atoms with Gasteiger partial charge < -0.3 is 5.32 Å². The third kappa shape index (κ3) is 3.76. The molecule has 0 bridgehead atoms. The number of halogens is 4. The third-order valence-corrected chi connectivity index (χ3v) is 4.32. The molecule has 0 aliphatic heterocycles. The number of anilines is 1. The second-order valence-corrected chi connectivity index (χ2v) is 6.32. The normalized spacial score (nSPS) is 10.4. The lowest BCUT2D eigenvalue weighted by atomic mass is 10.1. The molecule has 104 valence electrons. The molecule has 0 radical (unpaired) electrons. The summed E-state index contributed by atoms with van der Waals surface area (Å²) in [4.78, 5) is 12.2. The first kappa shape index (κ1) is 15.8. The lowest BCUT2D eigenvalue weighted by Gasteiger charge is -2.10. The van der Waals surface area contributed by atoms with Crippen molar-refractivity contribution in [1.82, 2.24) is 0 Å². The van der Waals surface area contributed by atoms with Crippen LogP contribution in [0, 0.1) is 0 Å². The Morgan fingerprint density at radius 2 is 1.65 bits per heavy atom. The zero-order chi connectivity index (χ0) is 14.7. The highest BCUT2D eigenvalue weighted by molar-refractivity contribution is 9.10. The molecule has 2 nitrogen and oxygen atoms in total. The third-order valence-electron chi connectivity index (χ3n) is 2.62. The van der Waals surface area contributed by atoms with Crippen LogP contribution < -0.4 is 5.32 Å². The molecule has 0 atom stereocenters. The lowest BCUT2D eigenvalue weighted by molar-refractivity contribution is 0.102. The molecular weight excluding hydrogens is 429 g/mol. The Kier molecular flexibility index (Phi) is 5.49. The summed E-state index contributed by atoms with van der Waals surface area (Å²) in [6.07, 6.45) is 0. The minimum Gasteiger partial charge on any atom is -0.319 e. The van der Waals surface area contributed by atoms with E-state index in [9.17, 15) is 4.79 Å². The van der Waals surface area contributed by atoms with Gasteiger partial charge >= 0.3 is 0 Å². The average Bonchev–Trinajstić information content (AvgIpc) is 2.42. The summed E-state index contributed by atoms with van der Waals surface area (Å²) in [7, 11) is 0. The van der Waals surface area contributed by atoms with Crippen molar-refractivity contribution in [3.8, 4) is 0 Å². The molecule has 2 aromatic rings. The van der Waals surface area contributed by atoms with Crippen LogP contribution in [0.3, 0.4) is 0 Å². The summed E-state index contributed by atoms with van der Waals surface area (Å²) in [6, 6.07) is 10.6. The van der Waals surface area contributed by atoms with E-state index in [0.29, 0.717) is 21.3 Å². The minimum atomic E-state index is -0.253. The van der Waals surface area contributed by atoms with Gasteiger partial charge in [0.15, 0.2) is 0 Å². The number of hydrogen-bond donors (Lipinski definition) is 1. The fraction of sp³-hybridized carbons (Fsp3) is 0.0714. The standard InChI is InChI=1S/C14H9Br2Cl2NO/c15-7-8-1-3-9(4-2-8)14(20)19-13-11(17)5-10(16)6-12(13)18/h1-6H,7H2,(H,19,20). The van der Waals surface area contributed by atoms with Crippen molar-refractivity contribution in [3.05, 3.63) is 62.0 Å². The van der Waals surface area contributed by atoms with Crippen molar-refractivity contribution < 1.29 is 4.79 Å². The molecule has 0 saturated heterocycles. The monoisotopic (exact) mass is 435 g/mol. The second kappa shape index (κ2) is 6.94. The molecule has 2 aromatic carbocycles. The molecule has 1 N–H and O–H groups in total. The first-order valence-electron chi connectivity index (χ1n) is 5.62. The van der Waals surface area contributed by atoms with Crippen LogP contribution >= 0.6 is 55.1 Å². The van der Waals surface area contributed by atoms with Gasteiger partial charge in [-0.05, 0) is 29.8 Å². The maximum atomic E-state index is 12.2. The number of hydrogen-bond acceptors (Lipinski definition) is 1. The van der Waals surface area contributed by atoms with Gasteiger partial charge in [0.05, 0.1) is 15.7 Å². The SMILES string of the molecule is O=C(Nc1c(Cl)cc(Br)cc1Cl)c1ccc(CBr)cc1. The molecule has 0 aliphatic rings. The second-order valence-electron chi connectivity index (χ2n) is 4.03. The maximum absolute atomic E-state index is 12.2. The fourth-order valence-electron chi connectivity index (χ4n) is 1.59. The maximum Gasteiger partial charge on any atom is 0.255 e. The Morgan fingerprint density at radius 3 is 2.15 bits per heavy atom. The van der Waals surface area contributed by atoms with Crippen molar-refractivity contribution in [2.75, 3.05) is 5.32 Å². The highest BCUT2D eigenvalue weighted by atomic mass is 79.9. The number of benzene rings is 2. The van der Waals surface area contributed by atoms with Crippen LogP contribution in [0.1, 0.15) is 15.9 Å². The van der Waals surface area contributed by atoms with Crippen LogP contribution in [-0.2, 0) is 5.33 Å². The molecule has 0 aromatic heterocycles. The molecule has 0 unspecified atom stereocenters. The van der Waals surface area contributed by atoms with E-state index in [4.69, 9.17) is 23.2 Å². The predicted octanol–water partition coefficient (Wildman–Crippen LogP) is 5.90. The van der Waals surface area contributed by atoms with Crippen LogP contribution in [0.2, 0.25) is 10.0 Å². The quantitative estimate of drug-likeness (QED) is 0.595. The van der Waals surface area contributed by atoms with Crippen molar-refractivity contribution >= 4 is 66.7 Å². The smallest absolute Gasteiger partial charge is 0.255 e. The van der Waals surface area contributed by atoms with Gasteiger partial charge in [-0.25, -0.2) is 0 Å². The van der Waals surface area contributed by atoms with E-state index in [-0.39, 0.29) is 5.91 Å². The summed E-state index contributed by atoms with van der Waals surface area (Å²) in [5.74, 6) is -0.253. The summed E-state index contributed by atoms with van der Waals surface area (Å²) in [5.41, 5.74) is 2.05. The Labute approximate surface area is 143 Å². The molecule has 20 heavy (non-hydrogen) atoms. The molecule has 6 heteroatoms. The Balaban J connectivity index is 2.23. The van der Waals surface area contributed by atoms with E-state index in [2.05, 4.69) is 37.2 Å². The number of nitrogens with one attached hydrogen (secondary N) is 1. The number of alkyl halides is 1. The van der Waals surface area contributed by atoms with E-state index in [1.165, 1.54) is 0 Å². The van der Waals surface area contributed by atoms with Crippen molar-refractivity contribution in [2.24, 2.45) is 0 Å². The average molecular weight is 438 g/mol. The summed E-state index contributed by atoms with van der Waals surface area (Å²) in [6.45, 7) is 0. The lowest BCUT2D eigenvalue weighted by Crippen LogP contribution is -2.12. The number of rotatable bonds is 3. The van der Waals surface area contributed by atoms with Crippen LogP contribution in [0.25, 0.3) is 0 Å². The molecular formula is C14H9Br2Cl2NO. The molecule has 1 amide bonds. The van der Waals surface area contributed by atoms with E-state index >= 15 is 0 Å². The van der Waals surface area contributed by atoms with Crippen LogP contribution in [0.5, 0.6) is 0 Å². The van der Waals surface area contributed by atoms with Gasteiger partial charge in [-0.3, -0.25) is 4.79 Å². The van der Waals surface area contributed by atoms with Crippen LogP contribution in [0.4, 0.5) is 5.69 Å². The molecule has 2 rings (SSSR count). The summed E-state index contributed by atoms with van der Waals surface area (Å²) in [5, 5.41) is 4.24. The highest BCUT2D eigenvalue weighted by Crippen LogP contribution is 2.34. The van der Waals surface area contributed by atoms with Gasteiger partial charge in [-0.2, -0.15) is 0 Å². The summed E-state index contributed by atoms with van der Waals surface area (Å²) >= 11 is 18.8. The molecule has 0 fully saturated rings. The number of carbonyl (C=O) groups is 1. The van der Waals surface area contributed by atoms with Crippen LogP contribution in [0.15, 0.2) is 40.9 Å². The first-order chi connectivity index (χ1) is 9.51. The molecule has 0 heterocycles. The minimum absolute atomic E-state index is 0.253. The van der Waals surface area contributed by atoms with Gasteiger partial charge in [0.1, 0.15) is 0 Å². The van der Waals surface area contributed by atoms with Crippen molar-refractivity contribution in [1.29, 1.82) is 0 Å². The van der Waals surface area contributed by atoms with Gasteiger partial charge in [0.2, 0.25) is 0 Å². The zero-order valence-electron chi connectivity index (χ0n) is 10.1. The van der Waals surface area contributed by atoms with Gasteiger partial charge in [0.25, 0.3) is 5.91 Å². The van der Waals surface area contributed by atoms with Gasteiger partial charge in [0, 0.05) is 15.4 Å². The molecule has 0 aliphatic carbocycles. The van der Waals surface area contributed by atoms with Crippen molar-refractivity contribution in [3.63, 3.8) is 0 Å². The van der Waals surface area contributed by atoms with Crippen molar-refractivity contribution in [2.45, 2.75) is 5.33 Å². The Hall–Kier alpha value is -0.550. The predicted molar refractivity (Wildman–Crippen MR) is 91.2 cm³/mol. The number of carbonyl (C=O) groups excluding carboxylic acids is 1. The molecule has 0 saturated carbocycles. The fourth-order valence-corrected chi connectivity index (χ4v) is 3.27. The zero-order valence-corrected chi connectivity index (χ0v) is 14.8. The topological polar surface area (TPSA) is 29.1 Å². The van der Waals surface area contributed by atoms with E-state index in [1.54, 1.807) is 24.3 Å². The van der Waals surface area contributed by atoms with Gasteiger partial charge in [-0.15, -0.1) is 0 Å². The number of amides is 1. The Bertz CT molecular complexity index is 621. The van der Waals surface area contributed by atoms with E-state index in [1.807, 2.05) is 12.1 Å². The van der Waals surface area contributed by atoms with E-state index in [0.717, 1.165) is 15.4 Å². The first-order valence-corrected chi connectivity index (χ1v) is 8.29. The highest BCUT2D eigenvalue weighted by Gasteiger charge is 2.12. The van der Waals surface area contributed by atoms with Gasteiger partial charge in [-0.1, -0.05) is 67.2 Å². The Morgan fingerprint density at radius 1 is 1.10 bits per heavy atom. The summed E-state index contributed by atoms with van der Waals surface area (Å²) < 4.78 is 0.757. The van der Waals surface area contributed by atoms with Crippen LogP contribution in [-0.4, -0.2) is 5.91 Å². The molecule has 0 spiro atoms. The largest absolute Gasteiger partial charge is 0.319 e.